The van der Waals surface area contributed by atoms with Crippen LogP contribution >= 0.6 is 0 Å². The fraction of sp³-hybridized carbons (Fsp3) is 0.667. The molecule has 0 spiro atoms. The van der Waals surface area contributed by atoms with Crippen LogP contribution in [0.2, 0.25) is 0 Å². The Morgan fingerprint density at radius 3 is 2.58 bits per heavy atom. The molecule has 0 saturated carbocycles. The number of rotatable bonds is 6. The molecule has 5 nitrogen and oxygen atoms in total. The Labute approximate surface area is 157 Å². The SMILES string of the molecule is CC(C)Oc1ccc(C(=O)N2CCCC[C@@H]2CCN2CCOCC2)cc1. The lowest BCUT2D eigenvalue weighted by molar-refractivity contribution is 0.0295. The number of carbonyl (C=O) groups excluding carboxylic acids is 1. The Bertz CT molecular complexity index is 567. The Balaban J connectivity index is 1.59. The fourth-order valence-corrected chi connectivity index (χ4v) is 3.84. The number of carbonyl (C=O) groups is 1. The van der Waals surface area contributed by atoms with E-state index in [1.807, 2.05) is 38.1 Å². The van der Waals surface area contributed by atoms with E-state index in [1.165, 1.54) is 6.42 Å². The number of piperidine rings is 1. The minimum Gasteiger partial charge on any atom is -0.491 e. The second-order valence-corrected chi connectivity index (χ2v) is 7.58. The van der Waals surface area contributed by atoms with Crippen molar-refractivity contribution in [3.63, 3.8) is 0 Å². The van der Waals surface area contributed by atoms with Crippen molar-refractivity contribution in [1.29, 1.82) is 0 Å². The van der Waals surface area contributed by atoms with Gasteiger partial charge in [0, 0.05) is 37.8 Å². The predicted molar refractivity (Wildman–Crippen MR) is 103 cm³/mol. The lowest BCUT2D eigenvalue weighted by Crippen LogP contribution is -2.46. The maximum atomic E-state index is 13.0. The highest BCUT2D eigenvalue weighted by Crippen LogP contribution is 2.23. The third-order valence-corrected chi connectivity index (χ3v) is 5.24. The summed E-state index contributed by atoms with van der Waals surface area (Å²) in [6, 6.07) is 7.95. The van der Waals surface area contributed by atoms with E-state index in [4.69, 9.17) is 9.47 Å². The molecular formula is C21H32N2O3. The van der Waals surface area contributed by atoms with Crippen LogP contribution in [0.4, 0.5) is 0 Å². The molecule has 26 heavy (non-hydrogen) atoms. The third-order valence-electron chi connectivity index (χ3n) is 5.24. The van der Waals surface area contributed by atoms with E-state index in [0.717, 1.165) is 70.0 Å². The number of amides is 1. The van der Waals surface area contributed by atoms with Crippen molar-refractivity contribution in [2.45, 2.75) is 51.7 Å². The van der Waals surface area contributed by atoms with E-state index in [9.17, 15) is 4.79 Å². The van der Waals surface area contributed by atoms with Crippen LogP contribution in [0.1, 0.15) is 49.9 Å². The van der Waals surface area contributed by atoms with Gasteiger partial charge in [0.15, 0.2) is 0 Å². The summed E-state index contributed by atoms with van der Waals surface area (Å²) >= 11 is 0. The van der Waals surface area contributed by atoms with E-state index in [2.05, 4.69) is 9.80 Å². The zero-order valence-electron chi connectivity index (χ0n) is 16.2. The molecule has 3 rings (SSSR count). The molecule has 2 aliphatic rings. The van der Waals surface area contributed by atoms with Gasteiger partial charge in [0.25, 0.3) is 5.91 Å². The van der Waals surface area contributed by atoms with Gasteiger partial charge in [-0.1, -0.05) is 0 Å². The van der Waals surface area contributed by atoms with E-state index < -0.39 is 0 Å². The second kappa shape index (κ2) is 9.38. The van der Waals surface area contributed by atoms with Gasteiger partial charge in [-0.15, -0.1) is 0 Å². The van der Waals surface area contributed by atoms with E-state index in [0.29, 0.717) is 6.04 Å². The van der Waals surface area contributed by atoms with Crippen molar-refractivity contribution < 1.29 is 14.3 Å². The highest BCUT2D eigenvalue weighted by atomic mass is 16.5. The standard InChI is InChI=1S/C21H32N2O3/c1-17(2)26-20-8-6-18(7-9-20)21(24)23-11-4-3-5-19(23)10-12-22-13-15-25-16-14-22/h6-9,17,19H,3-5,10-16H2,1-2H3/t19-/m1/s1. The Hall–Kier alpha value is -1.59. The fourth-order valence-electron chi connectivity index (χ4n) is 3.84. The first-order chi connectivity index (χ1) is 12.6. The lowest BCUT2D eigenvalue weighted by atomic mass is 9.97. The van der Waals surface area contributed by atoms with Gasteiger partial charge >= 0.3 is 0 Å². The number of likely N-dealkylation sites (tertiary alicyclic amines) is 1. The van der Waals surface area contributed by atoms with Crippen molar-refractivity contribution >= 4 is 5.91 Å². The average molecular weight is 360 g/mol. The quantitative estimate of drug-likeness (QED) is 0.781. The monoisotopic (exact) mass is 360 g/mol. The minimum atomic E-state index is 0.142. The van der Waals surface area contributed by atoms with Crippen molar-refractivity contribution in [1.82, 2.24) is 9.80 Å². The van der Waals surface area contributed by atoms with Gasteiger partial charge < -0.3 is 14.4 Å². The summed E-state index contributed by atoms with van der Waals surface area (Å²) in [6.07, 6.45) is 4.64. The summed E-state index contributed by atoms with van der Waals surface area (Å²) in [6.45, 7) is 9.62. The Morgan fingerprint density at radius 1 is 1.15 bits per heavy atom. The smallest absolute Gasteiger partial charge is 0.254 e. The van der Waals surface area contributed by atoms with E-state index in [-0.39, 0.29) is 12.0 Å². The summed E-state index contributed by atoms with van der Waals surface area (Å²) in [4.78, 5) is 17.6. The number of nitrogens with zero attached hydrogens (tertiary/aromatic N) is 2. The van der Waals surface area contributed by atoms with Gasteiger partial charge in [0.05, 0.1) is 19.3 Å². The summed E-state index contributed by atoms with van der Waals surface area (Å²) < 4.78 is 11.1. The first kappa shape index (κ1) is 19.2. The number of ether oxygens (including phenoxy) is 2. The topological polar surface area (TPSA) is 42.0 Å². The molecule has 0 bridgehead atoms. The van der Waals surface area contributed by atoms with Crippen molar-refractivity contribution in [3.8, 4) is 5.75 Å². The molecule has 0 unspecified atom stereocenters. The first-order valence-electron chi connectivity index (χ1n) is 10.0. The van der Waals surface area contributed by atoms with E-state index >= 15 is 0 Å². The third kappa shape index (κ3) is 5.21. The molecule has 0 aliphatic carbocycles. The lowest BCUT2D eigenvalue weighted by Gasteiger charge is -2.37. The van der Waals surface area contributed by atoms with Gasteiger partial charge in [-0.2, -0.15) is 0 Å². The number of hydrogen-bond acceptors (Lipinski definition) is 4. The highest BCUT2D eigenvalue weighted by Gasteiger charge is 2.28. The average Bonchev–Trinajstić information content (AvgIpc) is 2.67. The molecule has 1 aromatic rings. The summed E-state index contributed by atoms with van der Waals surface area (Å²) in [5, 5.41) is 0. The number of hydrogen-bond donors (Lipinski definition) is 0. The molecule has 1 atom stereocenters. The molecular weight excluding hydrogens is 328 g/mol. The molecule has 1 aromatic carbocycles. The van der Waals surface area contributed by atoms with Crippen LogP contribution in [-0.4, -0.2) is 67.2 Å². The zero-order chi connectivity index (χ0) is 18.4. The zero-order valence-corrected chi connectivity index (χ0v) is 16.2. The minimum absolute atomic E-state index is 0.142. The Morgan fingerprint density at radius 2 is 1.88 bits per heavy atom. The van der Waals surface area contributed by atoms with Crippen LogP contribution in [0, 0.1) is 0 Å². The van der Waals surface area contributed by atoms with Crippen LogP contribution in [0.25, 0.3) is 0 Å². The van der Waals surface area contributed by atoms with Crippen molar-refractivity contribution in [2.75, 3.05) is 39.4 Å². The van der Waals surface area contributed by atoms with E-state index in [1.54, 1.807) is 0 Å². The van der Waals surface area contributed by atoms with Gasteiger partial charge in [0.1, 0.15) is 5.75 Å². The molecule has 2 aliphatic heterocycles. The van der Waals surface area contributed by atoms with Gasteiger partial charge in [-0.3, -0.25) is 9.69 Å². The predicted octanol–water partition coefficient (Wildman–Crippen LogP) is 3.19. The maximum Gasteiger partial charge on any atom is 0.254 e. The van der Waals surface area contributed by atoms with Crippen molar-refractivity contribution in [2.24, 2.45) is 0 Å². The van der Waals surface area contributed by atoms with Crippen LogP contribution < -0.4 is 4.74 Å². The van der Waals surface area contributed by atoms with Crippen LogP contribution in [-0.2, 0) is 4.74 Å². The van der Waals surface area contributed by atoms with Gasteiger partial charge in [-0.25, -0.2) is 0 Å². The first-order valence-corrected chi connectivity index (χ1v) is 10.0. The Kier molecular flexibility index (Phi) is 6.92. The van der Waals surface area contributed by atoms with Gasteiger partial charge in [-0.05, 0) is 63.8 Å². The number of morpholine rings is 1. The molecule has 2 fully saturated rings. The molecule has 2 heterocycles. The summed E-state index contributed by atoms with van der Waals surface area (Å²) in [5.74, 6) is 0.979. The highest BCUT2D eigenvalue weighted by molar-refractivity contribution is 5.94. The molecule has 1 amide bonds. The summed E-state index contributed by atoms with van der Waals surface area (Å²) in [7, 11) is 0. The molecule has 144 valence electrons. The van der Waals surface area contributed by atoms with Crippen LogP contribution in [0.5, 0.6) is 5.75 Å². The van der Waals surface area contributed by atoms with Crippen LogP contribution in [0.3, 0.4) is 0 Å². The summed E-state index contributed by atoms with van der Waals surface area (Å²) in [5.41, 5.74) is 0.763. The van der Waals surface area contributed by atoms with Crippen molar-refractivity contribution in [3.05, 3.63) is 29.8 Å². The number of benzene rings is 1. The molecule has 0 radical (unpaired) electrons. The molecule has 0 N–H and O–H groups in total. The molecule has 2 saturated heterocycles. The normalized spacial score (nSPS) is 21.8. The molecule has 0 aromatic heterocycles. The van der Waals surface area contributed by atoms with Crippen LogP contribution in [0.15, 0.2) is 24.3 Å². The second-order valence-electron chi connectivity index (χ2n) is 7.58. The largest absolute Gasteiger partial charge is 0.491 e. The van der Waals surface area contributed by atoms with Gasteiger partial charge in [0.2, 0.25) is 0 Å². The maximum absolute atomic E-state index is 13.0. The molecule has 5 heteroatoms.